The average molecular weight is 260 g/mol. The first-order valence-corrected chi connectivity index (χ1v) is 7.00. The second-order valence-electron chi connectivity index (χ2n) is 5.44. The lowest BCUT2D eigenvalue weighted by molar-refractivity contribution is 0.1000. The molecule has 2 aliphatic rings. The summed E-state index contributed by atoms with van der Waals surface area (Å²) >= 11 is 0. The Bertz CT molecular complexity index is 466. The largest absolute Gasteiger partial charge is 0.366 e. The third kappa shape index (κ3) is 2.87. The van der Waals surface area contributed by atoms with E-state index in [-0.39, 0.29) is 0 Å². The Balaban J connectivity index is 1.78. The van der Waals surface area contributed by atoms with Gasteiger partial charge in [0.2, 0.25) is 5.91 Å². The van der Waals surface area contributed by atoms with Crippen LogP contribution in [0.4, 0.5) is 5.82 Å². The van der Waals surface area contributed by atoms with Gasteiger partial charge in [0.15, 0.2) is 0 Å². The molecule has 2 fully saturated rings. The highest BCUT2D eigenvalue weighted by Gasteiger charge is 2.32. The fourth-order valence-electron chi connectivity index (χ4n) is 2.69. The van der Waals surface area contributed by atoms with E-state index >= 15 is 0 Å². The topological polar surface area (TPSA) is 71.2 Å². The number of nitrogens with two attached hydrogens (primary N) is 1. The molecule has 1 atom stereocenters. The number of nitrogens with zero attached hydrogens (tertiary/aromatic N) is 2. The maximum Gasteiger partial charge on any atom is 0.248 e. The molecule has 1 aromatic heterocycles. The number of primary amides is 1. The molecule has 5 nitrogen and oxygen atoms in total. The molecule has 1 aromatic rings. The molecular formula is C14H20N4O. The number of amides is 1. The molecule has 3 rings (SSSR count). The monoisotopic (exact) mass is 260 g/mol. The standard InChI is InChI=1S/C14H20N4O/c15-14(19)10-5-7-17-13(8-10)18(12-3-4-12)9-11-2-1-6-16-11/h5,7-8,11-12,16H,1-4,6,9H2,(H2,15,19). The minimum absolute atomic E-state index is 0.390. The number of carbonyl (C=O) groups is 1. The van der Waals surface area contributed by atoms with Crippen LogP contribution >= 0.6 is 0 Å². The van der Waals surface area contributed by atoms with Crippen molar-refractivity contribution in [2.75, 3.05) is 18.0 Å². The summed E-state index contributed by atoms with van der Waals surface area (Å²) in [5.74, 6) is 0.492. The third-order valence-corrected chi connectivity index (χ3v) is 3.89. The Morgan fingerprint density at radius 1 is 1.47 bits per heavy atom. The smallest absolute Gasteiger partial charge is 0.248 e. The van der Waals surface area contributed by atoms with E-state index in [1.807, 2.05) is 6.07 Å². The molecule has 1 aliphatic carbocycles. The molecule has 2 heterocycles. The normalized spacial score (nSPS) is 22.4. The van der Waals surface area contributed by atoms with Crippen molar-refractivity contribution in [3.8, 4) is 0 Å². The number of pyridine rings is 1. The van der Waals surface area contributed by atoms with Crippen LogP contribution < -0.4 is 16.0 Å². The molecule has 1 unspecified atom stereocenters. The van der Waals surface area contributed by atoms with E-state index in [4.69, 9.17) is 5.73 Å². The van der Waals surface area contributed by atoms with Crippen molar-refractivity contribution in [3.05, 3.63) is 23.9 Å². The first-order chi connectivity index (χ1) is 9.24. The molecule has 1 aliphatic heterocycles. The summed E-state index contributed by atoms with van der Waals surface area (Å²) in [4.78, 5) is 18.0. The predicted octanol–water partition coefficient (Wildman–Crippen LogP) is 0.901. The summed E-state index contributed by atoms with van der Waals surface area (Å²) in [6.07, 6.45) is 6.58. The summed E-state index contributed by atoms with van der Waals surface area (Å²) in [6, 6.07) is 4.61. The SMILES string of the molecule is NC(=O)c1ccnc(N(CC2CCCN2)C2CC2)c1. The number of hydrogen-bond acceptors (Lipinski definition) is 4. The van der Waals surface area contributed by atoms with Crippen molar-refractivity contribution in [1.82, 2.24) is 10.3 Å². The van der Waals surface area contributed by atoms with Crippen LogP contribution in [0, 0.1) is 0 Å². The van der Waals surface area contributed by atoms with E-state index in [1.54, 1.807) is 12.3 Å². The lowest BCUT2D eigenvalue weighted by Gasteiger charge is -2.27. The van der Waals surface area contributed by atoms with Crippen LogP contribution in [-0.4, -0.2) is 36.1 Å². The molecule has 5 heteroatoms. The number of anilines is 1. The van der Waals surface area contributed by atoms with Crippen molar-refractivity contribution in [2.24, 2.45) is 5.73 Å². The quantitative estimate of drug-likeness (QED) is 0.825. The zero-order valence-corrected chi connectivity index (χ0v) is 11.0. The van der Waals surface area contributed by atoms with Gasteiger partial charge >= 0.3 is 0 Å². The molecule has 0 spiro atoms. The van der Waals surface area contributed by atoms with E-state index in [1.165, 1.54) is 25.7 Å². The van der Waals surface area contributed by atoms with Crippen LogP contribution in [0.5, 0.6) is 0 Å². The van der Waals surface area contributed by atoms with Gasteiger partial charge in [-0.2, -0.15) is 0 Å². The van der Waals surface area contributed by atoms with E-state index in [9.17, 15) is 4.79 Å². The van der Waals surface area contributed by atoms with Crippen LogP contribution in [0.3, 0.4) is 0 Å². The van der Waals surface area contributed by atoms with Gasteiger partial charge in [0.25, 0.3) is 0 Å². The Morgan fingerprint density at radius 3 is 2.95 bits per heavy atom. The summed E-state index contributed by atoms with van der Waals surface area (Å²) in [5, 5.41) is 3.52. The van der Waals surface area contributed by atoms with Gasteiger partial charge in [-0.25, -0.2) is 4.98 Å². The zero-order valence-electron chi connectivity index (χ0n) is 11.0. The minimum Gasteiger partial charge on any atom is -0.366 e. The molecule has 3 N–H and O–H groups in total. The zero-order chi connectivity index (χ0) is 13.2. The fraction of sp³-hybridized carbons (Fsp3) is 0.571. The number of carbonyl (C=O) groups excluding carboxylic acids is 1. The average Bonchev–Trinajstić information content (AvgIpc) is 3.13. The van der Waals surface area contributed by atoms with Crippen molar-refractivity contribution in [3.63, 3.8) is 0 Å². The first kappa shape index (κ1) is 12.4. The molecule has 1 saturated carbocycles. The maximum absolute atomic E-state index is 11.3. The molecule has 102 valence electrons. The van der Waals surface area contributed by atoms with E-state index in [0.29, 0.717) is 17.6 Å². The summed E-state index contributed by atoms with van der Waals surface area (Å²) < 4.78 is 0. The van der Waals surface area contributed by atoms with Gasteiger partial charge in [0.1, 0.15) is 5.82 Å². The summed E-state index contributed by atoms with van der Waals surface area (Å²) in [7, 11) is 0. The van der Waals surface area contributed by atoms with Crippen LogP contribution in [-0.2, 0) is 0 Å². The Kier molecular flexibility index (Phi) is 3.38. The lowest BCUT2D eigenvalue weighted by Crippen LogP contribution is -2.39. The van der Waals surface area contributed by atoms with Gasteiger partial charge in [0.05, 0.1) is 0 Å². The van der Waals surface area contributed by atoms with Crippen LogP contribution in [0.2, 0.25) is 0 Å². The summed E-state index contributed by atoms with van der Waals surface area (Å²) in [5.41, 5.74) is 5.88. The third-order valence-electron chi connectivity index (χ3n) is 3.89. The Labute approximate surface area is 113 Å². The van der Waals surface area contributed by atoms with Gasteiger partial charge < -0.3 is 16.0 Å². The molecule has 1 saturated heterocycles. The molecular weight excluding hydrogens is 240 g/mol. The Morgan fingerprint density at radius 2 is 2.32 bits per heavy atom. The number of hydrogen-bond donors (Lipinski definition) is 2. The van der Waals surface area contributed by atoms with Crippen molar-refractivity contribution in [1.29, 1.82) is 0 Å². The van der Waals surface area contributed by atoms with Gasteiger partial charge in [-0.15, -0.1) is 0 Å². The van der Waals surface area contributed by atoms with Crippen molar-refractivity contribution in [2.45, 2.75) is 37.8 Å². The minimum atomic E-state index is -0.390. The van der Waals surface area contributed by atoms with Crippen molar-refractivity contribution < 1.29 is 4.79 Å². The second kappa shape index (κ2) is 5.17. The van der Waals surface area contributed by atoms with Gasteiger partial charge in [-0.05, 0) is 44.4 Å². The van der Waals surface area contributed by atoms with Gasteiger partial charge in [0, 0.05) is 30.4 Å². The summed E-state index contributed by atoms with van der Waals surface area (Å²) in [6.45, 7) is 2.08. The van der Waals surface area contributed by atoms with Crippen LogP contribution in [0.1, 0.15) is 36.0 Å². The molecule has 0 bridgehead atoms. The second-order valence-corrected chi connectivity index (χ2v) is 5.44. The maximum atomic E-state index is 11.3. The highest BCUT2D eigenvalue weighted by Crippen LogP contribution is 2.31. The first-order valence-electron chi connectivity index (χ1n) is 7.00. The fourth-order valence-corrected chi connectivity index (χ4v) is 2.69. The van der Waals surface area contributed by atoms with Gasteiger partial charge in [-0.1, -0.05) is 0 Å². The number of aromatic nitrogens is 1. The van der Waals surface area contributed by atoms with Crippen LogP contribution in [0.15, 0.2) is 18.3 Å². The van der Waals surface area contributed by atoms with E-state index < -0.39 is 5.91 Å². The van der Waals surface area contributed by atoms with Crippen molar-refractivity contribution >= 4 is 11.7 Å². The predicted molar refractivity (Wildman–Crippen MR) is 74.1 cm³/mol. The lowest BCUT2D eigenvalue weighted by atomic mass is 10.2. The molecule has 0 radical (unpaired) electrons. The number of rotatable bonds is 5. The Hall–Kier alpha value is -1.62. The van der Waals surface area contributed by atoms with Crippen LogP contribution in [0.25, 0.3) is 0 Å². The van der Waals surface area contributed by atoms with Gasteiger partial charge in [-0.3, -0.25) is 4.79 Å². The molecule has 19 heavy (non-hydrogen) atoms. The van der Waals surface area contributed by atoms with E-state index in [0.717, 1.165) is 18.9 Å². The molecule has 0 aromatic carbocycles. The highest BCUT2D eigenvalue weighted by atomic mass is 16.1. The number of nitrogens with one attached hydrogen (secondary N) is 1. The molecule has 1 amide bonds. The van der Waals surface area contributed by atoms with E-state index in [2.05, 4.69) is 15.2 Å². The highest BCUT2D eigenvalue weighted by molar-refractivity contribution is 5.93.